The number of rotatable bonds is 6. The zero-order valence-electron chi connectivity index (χ0n) is 13.2. The molecule has 5 nitrogen and oxygen atoms in total. The first-order valence-electron chi connectivity index (χ1n) is 7.83. The number of nitrogens with one attached hydrogen (secondary N) is 1. The van der Waals surface area contributed by atoms with Crippen molar-refractivity contribution in [3.8, 4) is 5.75 Å². The molecule has 120 valence electrons. The molecule has 0 radical (unpaired) electrons. The zero-order valence-corrected chi connectivity index (χ0v) is 13.2. The van der Waals surface area contributed by atoms with Gasteiger partial charge in [-0.2, -0.15) is 0 Å². The Morgan fingerprint density at radius 3 is 2.70 bits per heavy atom. The molecule has 1 aliphatic rings. The molecule has 0 bridgehead atoms. The maximum atomic E-state index is 12.0. The van der Waals surface area contributed by atoms with Crippen LogP contribution in [0.1, 0.15) is 12.0 Å². The number of hydrogen-bond acceptors (Lipinski definition) is 4. The number of hydrogen-bond donors (Lipinski definition) is 1. The van der Waals surface area contributed by atoms with E-state index in [0.717, 1.165) is 36.6 Å². The number of pyridine rings is 1. The molecular formula is C18H21N3O2. The van der Waals surface area contributed by atoms with Crippen molar-refractivity contribution in [2.24, 2.45) is 0 Å². The van der Waals surface area contributed by atoms with E-state index in [1.165, 1.54) is 0 Å². The van der Waals surface area contributed by atoms with Gasteiger partial charge in [-0.05, 0) is 36.2 Å². The molecule has 1 fully saturated rings. The summed E-state index contributed by atoms with van der Waals surface area (Å²) < 4.78 is 5.13. The van der Waals surface area contributed by atoms with Gasteiger partial charge in [-0.3, -0.25) is 4.79 Å². The van der Waals surface area contributed by atoms with E-state index in [1.807, 2.05) is 42.5 Å². The number of methoxy groups -OCH3 is 1. The van der Waals surface area contributed by atoms with Gasteiger partial charge < -0.3 is 15.0 Å². The number of benzene rings is 1. The molecular weight excluding hydrogens is 290 g/mol. The van der Waals surface area contributed by atoms with Gasteiger partial charge in [-0.1, -0.05) is 18.2 Å². The molecule has 2 heterocycles. The summed E-state index contributed by atoms with van der Waals surface area (Å²) >= 11 is 0. The maximum absolute atomic E-state index is 12.0. The quantitative estimate of drug-likeness (QED) is 0.887. The SMILES string of the molecule is COc1ccc(CCC(=O)NC2CN(c3ccccn3)C2)cc1. The summed E-state index contributed by atoms with van der Waals surface area (Å²) in [6.45, 7) is 1.65. The minimum absolute atomic E-state index is 0.103. The van der Waals surface area contributed by atoms with Crippen LogP contribution in [0.2, 0.25) is 0 Å². The van der Waals surface area contributed by atoms with Gasteiger partial charge in [0, 0.05) is 25.7 Å². The van der Waals surface area contributed by atoms with Crippen LogP contribution in [0.3, 0.4) is 0 Å². The Balaban J connectivity index is 1.39. The van der Waals surface area contributed by atoms with Gasteiger partial charge in [0.25, 0.3) is 0 Å². The number of anilines is 1. The summed E-state index contributed by atoms with van der Waals surface area (Å²) in [7, 11) is 1.65. The van der Waals surface area contributed by atoms with Crippen molar-refractivity contribution in [3.05, 3.63) is 54.2 Å². The summed E-state index contributed by atoms with van der Waals surface area (Å²) in [4.78, 5) is 18.5. The minimum Gasteiger partial charge on any atom is -0.497 e. The normalized spacial score (nSPS) is 14.2. The predicted octanol–water partition coefficient (Wildman–Crippen LogP) is 2.03. The highest BCUT2D eigenvalue weighted by molar-refractivity contribution is 5.77. The second-order valence-electron chi connectivity index (χ2n) is 5.71. The van der Waals surface area contributed by atoms with Crippen LogP contribution in [-0.2, 0) is 11.2 Å². The number of carbonyl (C=O) groups is 1. The molecule has 1 saturated heterocycles. The molecule has 2 aromatic rings. The molecule has 1 aromatic heterocycles. The molecule has 1 aliphatic heterocycles. The van der Waals surface area contributed by atoms with Crippen molar-refractivity contribution in [1.82, 2.24) is 10.3 Å². The molecule has 0 aliphatic carbocycles. The minimum atomic E-state index is 0.103. The van der Waals surface area contributed by atoms with Crippen LogP contribution in [-0.4, -0.2) is 37.1 Å². The van der Waals surface area contributed by atoms with Crippen molar-refractivity contribution in [2.75, 3.05) is 25.1 Å². The first kappa shape index (κ1) is 15.3. The lowest BCUT2D eigenvalue weighted by atomic mass is 10.1. The van der Waals surface area contributed by atoms with Gasteiger partial charge in [0.15, 0.2) is 0 Å². The van der Waals surface area contributed by atoms with E-state index in [-0.39, 0.29) is 11.9 Å². The monoisotopic (exact) mass is 311 g/mol. The average molecular weight is 311 g/mol. The van der Waals surface area contributed by atoms with Gasteiger partial charge in [-0.25, -0.2) is 4.98 Å². The van der Waals surface area contributed by atoms with E-state index < -0.39 is 0 Å². The highest BCUT2D eigenvalue weighted by Crippen LogP contribution is 2.17. The first-order chi connectivity index (χ1) is 11.2. The molecule has 23 heavy (non-hydrogen) atoms. The molecule has 1 amide bonds. The molecule has 0 atom stereocenters. The largest absolute Gasteiger partial charge is 0.497 e. The fourth-order valence-electron chi connectivity index (χ4n) is 2.65. The molecule has 0 spiro atoms. The zero-order chi connectivity index (χ0) is 16.1. The second-order valence-corrected chi connectivity index (χ2v) is 5.71. The lowest BCUT2D eigenvalue weighted by molar-refractivity contribution is -0.121. The summed E-state index contributed by atoms with van der Waals surface area (Å²) in [6.07, 6.45) is 3.04. The standard InChI is InChI=1S/C18H21N3O2/c1-23-16-8-5-14(6-9-16)7-10-18(22)20-15-12-21(13-15)17-4-2-3-11-19-17/h2-6,8-9,11,15H,7,10,12-13H2,1H3,(H,20,22). The van der Waals surface area contributed by atoms with E-state index in [1.54, 1.807) is 13.3 Å². The highest BCUT2D eigenvalue weighted by Gasteiger charge is 2.28. The van der Waals surface area contributed by atoms with Crippen molar-refractivity contribution >= 4 is 11.7 Å². The van der Waals surface area contributed by atoms with E-state index in [9.17, 15) is 4.79 Å². The van der Waals surface area contributed by atoms with E-state index in [2.05, 4.69) is 15.2 Å². The summed E-state index contributed by atoms with van der Waals surface area (Å²) in [5.41, 5.74) is 1.14. The third-order valence-corrected chi connectivity index (χ3v) is 4.02. The fourth-order valence-corrected chi connectivity index (χ4v) is 2.65. The lowest BCUT2D eigenvalue weighted by Crippen LogP contribution is -2.59. The Hall–Kier alpha value is -2.56. The van der Waals surface area contributed by atoms with Crippen molar-refractivity contribution < 1.29 is 9.53 Å². The van der Waals surface area contributed by atoms with E-state index >= 15 is 0 Å². The molecule has 0 unspecified atom stereocenters. The Labute approximate surface area is 136 Å². The maximum Gasteiger partial charge on any atom is 0.220 e. The summed E-state index contributed by atoms with van der Waals surface area (Å²) in [5, 5.41) is 3.08. The van der Waals surface area contributed by atoms with E-state index in [4.69, 9.17) is 4.74 Å². The Kier molecular flexibility index (Phi) is 4.76. The van der Waals surface area contributed by atoms with Crippen LogP contribution in [0.15, 0.2) is 48.7 Å². The first-order valence-corrected chi connectivity index (χ1v) is 7.83. The summed E-state index contributed by atoms with van der Waals surface area (Å²) in [5.74, 6) is 1.91. The molecule has 0 saturated carbocycles. The smallest absolute Gasteiger partial charge is 0.220 e. The molecule has 1 aromatic carbocycles. The number of aryl methyl sites for hydroxylation is 1. The fraction of sp³-hybridized carbons (Fsp3) is 0.333. The van der Waals surface area contributed by atoms with Gasteiger partial charge in [0.1, 0.15) is 11.6 Å². The molecule has 3 rings (SSSR count). The second kappa shape index (κ2) is 7.13. The molecule has 1 N–H and O–H groups in total. The molecule has 5 heteroatoms. The van der Waals surface area contributed by atoms with E-state index in [0.29, 0.717) is 6.42 Å². The van der Waals surface area contributed by atoms with Crippen LogP contribution in [0.25, 0.3) is 0 Å². The summed E-state index contributed by atoms with van der Waals surface area (Å²) in [6, 6.07) is 13.9. The van der Waals surface area contributed by atoms with Crippen LogP contribution >= 0.6 is 0 Å². The van der Waals surface area contributed by atoms with Crippen molar-refractivity contribution in [3.63, 3.8) is 0 Å². The number of carbonyl (C=O) groups excluding carboxylic acids is 1. The number of aromatic nitrogens is 1. The van der Waals surface area contributed by atoms with Crippen molar-refractivity contribution in [1.29, 1.82) is 0 Å². The predicted molar refractivity (Wildman–Crippen MR) is 89.7 cm³/mol. The van der Waals surface area contributed by atoms with Gasteiger partial charge >= 0.3 is 0 Å². The van der Waals surface area contributed by atoms with Gasteiger partial charge in [0.2, 0.25) is 5.91 Å². The van der Waals surface area contributed by atoms with Gasteiger partial charge in [-0.15, -0.1) is 0 Å². The van der Waals surface area contributed by atoms with Crippen LogP contribution in [0.5, 0.6) is 5.75 Å². The number of amides is 1. The highest BCUT2D eigenvalue weighted by atomic mass is 16.5. The topological polar surface area (TPSA) is 54.5 Å². The van der Waals surface area contributed by atoms with Gasteiger partial charge in [0.05, 0.1) is 13.2 Å². The Morgan fingerprint density at radius 1 is 1.26 bits per heavy atom. The lowest BCUT2D eigenvalue weighted by Gasteiger charge is -2.40. The third-order valence-electron chi connectivity index (χ3n) is 4.02. The third kappa shape index (κ3) is 4.00. The number of ether oxygens (including phenoxy) is 1. The van der Waals surface area contributed by atoms with Crippen LogP contribution in [0.4, 0.5) is 5.82 Å². The van der Waals surface area contributed by atoms with Crippen LogP contribution < -0.4 is 15.0 Å². The number of nitrogens with zero attached hydrogens (tertiary/aromatic N) is 2. The van der Waals surface area contributed by atoms with Crippen molar-refractivity contribution in [2.45, 2.75) is 18.9 Å². The average Bonchev–Trinajstić information content (AvgIpc) is 2.57. The van der Waals surface area contributed by atoms with Crippen LogP contribution in [0, 0.1) is 0 Å². The Morgan fingerprint density at radius 2 is 2.04 bits per heavy atom. The Bertz CT molecular complexity index is 637.